The van der Waals surface area contributed by atoms with Crippen molar-refractivity contribution in [3.05, 3.63) is 28.2 Å². The molecule has 100 valence electrons. The summed E-state index contributed by atoms with van der Waals surface area (Å²) in [5.74, 6) is 0.169. The van der Waals surface area contributed by atoms with Crippen LogP contribution in [0.2, 0.25) is 0 Å². The van der Waals surface area contributed by atoms with E-state index in [2.05, 4.69) is 15.9 Å². The zero-order valence-electron chi connectivity index (χ0n) is 9.68. The highest BCUT2D eigenvalue weighted by Crippen LogP contribution is 2.26. The van der Waals surface area contributed by atoms with Gasteiger partial charge in [0.05, 0.1) is 7.11 Å². The molecule has 1 rings (SSSR count). The smallest absolute Gasteiger partial charge is 0.389 e. The highest BCUT2D eigenvalue weighted by molar-refractivity contribution is 9.10. The van der Waals surface area contributed by atoms with E-state index in [4.69, 9.17) is 4.74 Å². The van der Waals surface area contributed by atoms with Gasteiger partial charge in [0.1, 0.15) is 5.75 Å². The van der Waals surface area contributed by atoms with Gasteiger partial charge in [-0.25, -0.2) is 0 Å². The van der Waals surface area contributed by atoms with Crippen molar-refractivity contribution in [2.45, 2.75) is 25.4 Å². The molecule has 18 heavy (non-hydrogen) atoms. The number of methoxy groups -OCH3 is 1. The Morgan fingerprint density at radius 1 is 1.39 bits per heavy atom. The number of ether oxygens (including phenoxy) is 1. The Kier molecular flexibility index (Phi) is 5.19. The minimum atomic E-state index is -4.22. The second-order valence-corrected chi connectivity index (χ2v) is 4.59. The molecule has 0 heterocycles. The molecule has 0 aliphatic rings. The summed E-state index contributed by atoms with van der Waals surface area (Å²) in [6, 6.07) is 4.81. The van der Waals surface area contributed by atoms with Gasteiger partial charge in [0.2, 0.25) is 0 Å². The van der Waals surface area contributed by atoms with Crippen molar-refractivity contribution in [1.82, 2.24) is 0 Å². The van der Waals surface area contributed by atoms with E-state index in [9.17, 15) is 18.0 Å². The number of carbonyl (C=O) groups is 1. The van der Waals surface area contributed by atoms with E-state index in [0.717, 1.165) is 0 Å². The summed E-state index contributed by atoms with van der Waals surface area (Å²) in [4.78, 5) is 11.8. The summed E-state index contributed by atoms with van der Waals surface area (Å²) >= 11 is 3.19. The minimum absolute atomic E-state index is 0.134. The largest absolute Gasteiger partial charge is 0.497 e. The molecule has 0 spiro atoms. The fraction of sp³-hybridized carbons (Fsp3) is 0.417. The number of Topliss-reactive ketones (excluding diaryl/α,β-unsaturated/α-hetero) is 1. The monoisotopic (exact) mass is 324 g/mol. The van der Waals surface area contributed by atoms with Gasteiger partial charge in [0, 0.05) is 22.9 Å². The van der Waals surface area contributed by atoms with Gasteiger partial charge in [-0.05, 0) is 24.6 Å². The third-order valence-corrected chi connectivity index (χ3v) is 3.03. The first kappa shape index (κ1) is 15.0. The number of hydrogen-bond donors (Lipinski definition) is 0. The Bertz CT molecular complexity index is 430. The normalized spacial score (nSPS) is 11.4. The molecular weight excluding hydrogens is 313 g/mol. The summed E-state index contributed by atoms with van der Waals surface area (Å²) in [7, 11) is 1.46. The Labute approximate surface area is 111 Å². The summed E-state index contributed by atoms with van der Waals surface area (Å²) < 4.78 is 41.4. The number of rotatable bonds is 5. The lowest BCUT2D eigenvalue weighted by atomic mass is 10.1. The molecule has 0 amide bonds. The fourth-order valence-electron chi connectivity index (χ4n) is 1.43. The number of ketones is 1. The van der Waals surface area contributed by atoms with Crippen molar-refractivity contribution in [2.75, 3.05) is 7.11 Å². The summed E-state index contributed by atoms with van der Waals surface area (Å²) in [6.07, 6.45) is -5.50. The van der Waals surface area contributed by atoms with E-state index in [0.29, 0.717) is 15.8 Å². The second-order valence-electron chi connectivity index (χ2n) is 3.74. The van der Waals surface area contributed by atoms with Crippen LogP contribution in [0.1, 0.15) is 29.6 Å². The van der Waals surface area contributed by atoms with E-state index in [1.807, 2.05) is 0 Å². The Hall–Kier alpha value is -1.04. The van der Waals surface area contributed by atoms with E-state index in [1.165, 1.54) is 13.2 Å². The van der Waals surface area contributed by atoms with Gasteiger partial charge in [0.15, 0.2) is 5.78 Å². The van der Waals surface area contributed by atoms with Crippen LogP contribution >= 0.6 is 15.9 Å². The fourth-order valence-corrected chi connectivity index (χ4v) is 1.90. The van der Waals surface area contributed by atoms with E-state index in [-0.39, 0.29) is 18.6 Å². The maximum absolute atomic E-state index is 12.0. The molecule has 0 unspecified atom stereocenters. The van der Waals surface area contributed by atoms with Crippen LogP contribution in [0.4, 0.5) is 13.2 Å². The number of alkyl halides is 3. The topological polar surface area (TPSA) is 26.3 Å². The van der Waals surface area contributed by atoms with Crippen LogP contribution < -0.4 is 4.74 Å². The van der Waals surface area contributed by atoms with Gasteiger partial charge < -0.3 is 4.74 Å². The number of carbonyl (C=O) groups excluding carboxylic acids is 1. The van der Waals surface area contributed by atoms with Crippen LogP contribution in [0.5, 0.6) is 5.75 Å². The molecule has 1 aromatic rings. The molecule has 0 bridgehead atoms. The van der Waals surface area contributed by atoms with E-state index < -0.39 is 12.6 Å². The standard InChI is InChI=1S/C12H12BrF3O2/c1-18-8-4-5-10(13)9(7-8)11(17)3-2-6-12(14,15)16/h4-5,7H,2-3,6H2,1H3. The Balaban J connectivity index is 2.66. The molecule has 0 N–H and O–H groups in total. The van der Waals surface area contributed by atoms with Crippen LogP contribution in [0.15, 0.2) is 22.7 Å². The molecule has 0 saturated heterocycles. The van der Waals surface area contributed by atoms with Crippen molar-refractivity contribution in [3.63, 3.8) is 0 Å². The first-order valence-corrected chi connectivity index (χ1v) is 6.06. The number of hydrogen-bond acceptors (Lipinski definition) is 2. The number of halogens is 4. The third kappa shape index (κ3) is 4.68. The van der Waals surface area contributed by atoms with Gasteiger partial charge in [-0.1, -0.05) is 15.9 Å². The van der Waals surface area contributed by atoms with E-state index in [1.54, 1.807) is 12.1 Å². The minimum Gasteiger partial charge on any atom is -0.497 e. The molecule has 0 aromatic heterocycles. The first-order chi connectivity index (χ1) is 8.33. The lowest BCUT2D eigenvalue weighted by Crippen LogP contribution is -2.09. The molecule has 0 saturated carbocycles. The SMILES string of the molecule is COc1ccc(Br)c(C(=O)CCCC(F)(F)F)c1. The first-order valence-electron chi connectivity index (χ1n) is 5.27. The van der Waals surface area contributed by atoms with Crippen LogP contribution in [-0.4, -0.2) is 19.1 Å². The summed E-state index contributed by atoms with van der Waals surface area (Å²) in [5.41, 5.74) is 0.344. The highest BCUT2D eigenvalue weighted by atomic mass is 79.9. The maximum atomic E-state index is 12.0. The average Bonchev–Trinajstić information content (AvgIpc) is 2.27. The lowest BCUT2D eigenvalue weighted by molar-refractivity contribution is -0.135. The lowest BCUT2D eigenvalue weighted by Gasteiger charge is -2.08. The zero-order valence-corrected chi connectivity index (χ0v) is 11.3. The van der Waals surface area contributed by atoms with Gasteiger partial charge in [-0.2, -0.15) is 13.2 Å². The molecule has 0 radical (unpaired) electrons. The van der Waals surface area contributed by atoms with Crippen LogP contribution in [0, 0.1) is 0 Å². The quantitative estimate of drug-likeness (QED) is 0.751. The molecule has 1 aromatic carbocycles. The molecule has 0 aliphatic carbocycles. The van der Waals surface area contributed by atoms with E-state index >= 15 is 0 Å². The van der Waals surface area contributed by atoms with Gasteiger partial charge in [0.25, 0.3) is 0 Å². The Morgan fingerprint density at radius 3 is 2.61 bits per heavy atom. The van der Waals surface area contributed by atoms with Crippen molar-refractivity contribution < 1.29 is 22.7 Å². The van der Waals surface area contributed by atoms with Gasteiger partial charge in [-0.3, -0.25) is 4.79 Å². The molecule has 0 aliphatic heterocycles. The molecule has 0 atom stereocenters. The maximum Gasteiger partial charge on any atom is 0.389 e. The van der Waals surface area contributed by atoms with Crippen molar-refractivity contribution in [1.29, 1.82) is 0 Å². The summed E-state index contributed by atoms with van der Waals surface area (Å²) in [6.45, 7) is 0. The zero-order chi connectivity index (χ0) is 13.8. The summed E-state index contributed by atoms with van der Waals surface area (Å²) in [5, 5.41) is 0. The van der Waals surface area contributed by atoms with Crippen LogP contribution in [0.3, 0.4) is 0 Å². The average molecular weight is 325 g/mol. The Morgan fingerprint density at radius 2 is 2.06 bits per heavy atom. The second kappa shape index (κ2) is 6.22. The molecule has 6 heteroatoms. The third-order valence-electron chi connectivity index (χ3n) is 2.34. The molecule has 2 nitrogen and oxygen atoms in total. The van der Waals surface area contributed by atoms with Crippen molar-refractivity contribution >= 4 is 21.7 Å². The molecular formula is C12H12BrF3O2. The predicted octanol–water partition coefficient (Wildman–Crippen LogP) is 4.37. The highest BCUT2D eigenvalue weighted by Gasteiger charge is 2.26. The molecule has 0 fully saturated rings. The van der Waals surface area contributed by atoms with Crippen molar-refractivity contribution in [2.24, 2.45) is 0 Å². The van der Waals surface area contributed by atoms with Crippen molar-refractivity contribution in [3.8, 4) is 5.75 Å². The van der Waals surface area contributed by atoms with Crippen LogP contribution in [0.25, 0.3) is 0 Å². The predicted molar refractivity (Wildman–Crippen MR) is 64.9 cm³/mol. The van der Waals surface area contributed by atoms with Crippen LogP contribution in [-0.2, 0) is 0 Å². The van der Waals surface area contributed by atoms with Gasteiger partial charge in [-0.15, -0.1) is 0 Å². The van der Waals surface area contributed by atoms with Gasteiger partial charge >= 0.3 is 6.18 Å². The number of benzene rings is 1.